The van der Waals surface area contributed by atoms with Crippen LogP contribution in [0, 0.1) is 5.92 Å². The first-order chi connectivity index (χ1) is 13.0. The Morgan fingerprint density at radius 3 is 2.89 bits per heavy atom. The molecule has 1 saturated heterocycles. The van der Waals surface area contributed by atoms with Crippen molar-refractivity contribution in [1.82, 2.24) is 4.90 Å². The molecule has 6 heteroatoms. The van der Waals surface area contributed by atoms with Crippen molar-refractivity contribution in [3.05, 3.63) is 45.5 Å². The summed E-state index contributed by atoms with van der Waals surface area (Å²) in [7, 11) is 0. The Bertz CT molecular complexity index is 707. The zero-order chi connectivity index (χ0) is 19.4. The van der Waals surface area contributed by atoms with E-state index in [1.165, 1.54) is 5.57 Å². The number of likely N-dealkylation sites (tertiary alicyclic amines) is 1. The van der Waals surface area contributed by atoms with Crippen molar-refractivity contribution in [3.63, 3.8) is 0 Å². The summed E-state index contributed by atoms with van der Waals surface area (Å²) in [5.74, 6) is 0.151. The molecule has 1 aliphatic carbocycles. The monoisotopic (exact) mass is 410 g/mol. The van der Waals surface area contributed by atoms with Gasteiger partial charge in [-0.1, -0.05) is 40.9 Å². The maximum Gasteiger partial charge on any atom is 0.310 e. The van der Waals surface area contributed by atoms with Crippen LogP contribution in [0.4, 0.5) is 0 Å². The number of nitrogens with zero attached hydrogens (tertiary/aromatic N) is 1. The molecule has 2 N–H and O–H groups in total. The van der Waals surface area contributed by atoms with E-state index in [0.29, 0.717) is 16.7 Å². The van der Waals surface area contributed by atoms with Crippen LogP contribution in [0.5, 0.6) is 0 Å². The number of hydrogen-bond acceptors (Lipinski definition) is 4. The number of rotatable bonds is 5. The highest BCUT2D eigenvalue weighted by molar-refractivity contribution is 6.35. The molecule has 3 rings (SSSR count). The van der Waals surface area contributed by atoms with Crippen LogP contribution in [0.2, 0.25) is 10.0 Å². The third-order valence-corrected chi connectivity index (χ3v) is 6.15. The van der Waals surface area contributed by atoms with Crippen LogP contribution in [0.25, 0.3) is 0 Å². The highest BCUT2D eigenvalue weighted by Crippen LogP contribution is 2.36. The third kappa shape index (κ3) is 5.26. The van der Waals surface area contributed by atoms with E-state index in [1.54, 1.807) is 6.07 Å². The van der Waals surface area contributed by atoms with Gasteiger partial charge in [0.25, 0.3) is 0 Å². The van der Waals surface area contributed by atoms with E-state index < -0.39 is 0 Å². The maximum atomic E-state index is 12.0. The minimum atomic E-state index is -0.0611. The van der Waals surface area contributed by atoms with E-state index in [0.717, 1.165) is 50.9 Å². The Hall–Kier alpha value is -1.07. The van der Waals surface area contributed by atoms with E-state index >= 15 is 0 Å². The van der Waals surface area contributed by atoms with Gasteiger partial charge in [0.15, 0.2) is 0 Å². The summed E-state index contributed by atoms with van der Waals surface area (Å²) in [5, 5.41) is 1.33. The van der Waals surface area contributed by atoms with Crippen molar-refractivity contribution in [2.24, 2.45) is 11.7 Å². The number of hydrogen-bond donors (Lipinski definition) is 1. The zero-order valence-corrected chi connectivity index (χ0v) is 17.3. The summed E-state index contributed by atoms with van der Waals surface area (Å²) in [4.78, 5) is 14.4. The second kappa shape index (κ2) is 9.42. The number of carbonyl (C=O) groups excluding carboxylic acids is 1. The van der Waals surface area contributed by atoms with Crippen molar-refractivity contribution in [1.29, 1.82) is 0 Å². The molecule has 1 aliphatic heterocycles. The molecule has 0 radical (unpaired) electrons. The predicted molar refractivity (Wildman–Crippen MR) is 110 cm³/mol. The van der Waals surface area contributed by atoms with Crippen molar-refractivity contribution in [3.8, 4) is 0 Å². The molecular weight excluding hydrogens is 383 g/mol. The Morgan fingerprint density at radius 2 is 2.19 bits per heavy atom. The van der Waals surface area contributed by atoms with Gasteiger partial charge in [-0.15, -0.1) is 0 Å². The van der Waals surface area contributed by atoms with Gasteiger partial charge in [0.05, 0.1) is 12.5 Å². The van der Waals surface area contributed by atoms with Crippen molar-refractivity contribution in [2.45, 2.75) is 44.6 Å². The zero-order valence-electron chi connectivity index (χ0n) is 15.8. The molecule has 0 saturated carbocycles. The van der Waals surface area contributed by atoms with Crippen LogP contribution in [0.15, 0.2) is 29.8 Å². The van der Waals surface area contributed by atoms with Gasteiger partial charge >= 0.3 is 5.97 Å². The van der Waals surface area contributed by atoms with Crippen LogP contribution in [-0.2, 0) is 9.53 Å². The molecule has 1 aromatic rings. The summed E-state index contributed by atoms with van der Waals surface area (Å²) >= 11 is 12.4. The number of halogens is 2. The van der Waals surface area contributed by atoms with E-state index in [2.05, 4.69) is 11.0 Å². The molecule has 0 spiro atoms. The van der Waals surface area contributed by atoms with Gasteiger partial charge in [-0.2, -0.15) is 0 Å². The minimum Gasteiger partial charge on any atom is -0.466 e. The van der Waals surface area contributed by atoms with Gasteiger partial charge in [0, 0.05) is 35.1 Å². The number of ether oxygens (including phenoxy) is 1. The molecule has 27 heavy (non-hydrogen) atoms. The molecule has 0 bridgehead atoms. The van der Waals surface area contributed by atoms with Crippen LogP contribution >= 0.6 is 23.2 Å². The second-order valence-electron chi connectivity index (χ2n) is 7.56. The average molecular weight is 411 g/mol. The topological polar surface area (TPSA) is 55.6 Å². The fraction of sp³-hybridized carbons (Fsp3) is 0.571. The first-order valence-electron chi connectivity index (χ1n) is 9.75. The molecule has 2 aliphatic rings. The molecule has 0 unspecified atom stereocenters. The summed E-state index contributed by atoms with van der Waals surface area (Å²) < 4.78 is 5.20. The number of piperidine rings is 1. The van der Waals surface area contributed by atoms with Gasteiger partial charge in [0.1, 0.15) is 0 Å². The predicted octanol–water partition coefficient (Wildman–Crippen LogP) is 4.40. The summed E-state index contributed by atoms with van der Waals surface area (Å²) in [6.07, 6.45) is 5.99. The highest BCUT2D eigenvalue weighted by Gasteiger charge is 2.30. The molecular formula is C21H28Cl2N2O2. The molecule has 1 aromatic carbocycles. The summed E-state index contributed by atoms with van der Waals surface area (Å²) in [6, 6.07) is 5.68. The molecule has 0 aromatic heterocycles. The smallest absolute Gasteiger partial charge is 0.310 e. The van der Waals surface area contributed by atoms with Crippen LogP contribution in [0.3, 0.4) is 0 Å². The quantitative estimate of drug-likeness (QED) is 0.577. The van der Waals surface area contributed by atoms with E-state index in [9.17, 15) is 4.79 Å². The normalized spacial score (nSPS) is 26.5. The third-order valence-electron chi connectivity index (χ3n) is 5.59. The fourth-order valence-electron chi connectivity index (χ4n) is 4.22. The average Bonchev–Trinajstić information content (AvgIpc) is 2.63. The molecule has 4 nitrogen and oxygen atoms in total. The molecule has 148 valence electrons. The maximum absolute atomic E-state index is 12.0. The minimum absolute atomic E-state index is 0.00261. The Balaban J connectivity index is 1.61. The number of allylic oxidation sites excluding steroid dienone is 1. The lowest BCUT2D eigenvalue weighted by molar-refractivity contribution is -0.149. The van der Waals surface area contributed by atoms with Gasteiger partial charge < -0.3 is 10.5 Å². The number of benzene rings is 1. The van der Waals surface area contributed by atoms with Crippen molar-refractivity contribution < 1.29 is 9.53 Å². The second-order valence-corrected chi connectivity index (χ2v) is 8.41. The van der Waals surface area contributed by atoms with Crippen LogP contribution in [0.1, 0.15) is 44.1 Å². The van der Waals surface area contributed by atoms with Crippen LogP contribution in [-0.4, -0.2) is 43.2 Å². The van der Waals surface area contributed by atoms with Gasteiger partial charge in [0.2, 0.25) is 0 Å². The largest absolute Gasteiger partial charge is 0.466 e. The summed E-state index contributed by atoms with van der Waals surface area (Å²) in [5.41, 5.74) is 8.93. The number of nitrogens with two attached hydrogens (primary N) is 1. The first-order valence-corrected chi connectivity index (χ1v) is 10.5. The Morgan fingerprint density at radius 1 is 1.37 bits per heavy atom. The van der Waals surface area contributed by atoms with Gasteiger partial charge in [-0.05, 0) is 56.8 Å². The lowest BCUT2D eigenvalue weighted by atomic mass is 9.80. The van der Waals surface area contributed by atoms with Gasteiger partial charge in [-0.25, -0.2) is 0 Å². The SMILES string of the molecule is CCOC(=O)[C@@H]1CCCN(CC2=CC[C@H](c3ccc(Cl)cc3Cl)[C@@H](N)C2)C1. The number of esters is 1. The van der Waals surface area contributed by atoms with Crippen molar-refractivity contribution in [2.75, 3.05) is 26.2 Å². The molecule has 1 fully saturated rings. The highest BCUT2D eigenvalue weighted by atomic mass is 35.5. The summed E-state index contributed by atoms with van der Waals surface area (Å²) in [6.45, 7) is 4.98. The lowest BCUT2D eigenvalue weighted by Gasteiger charge is -2.35. The number of carbonyl (C=O) groups is 1. The fourth-order valence-corrected chi connectivity index (χ4v) is 4.77. The first kappa shape index (κ1) is 20.7. The lowest BCUT2D eigenvalue weighted by Crippen LogP contribution is -2.41. The van der Waals surface area contributed by atoms with E-state index in [1.807, 2.05) is 19.1 Å². The molecule has 0 amide bonds. The Kier molecular flexibility index (Phi) is 7.21. The molecule has 1 heterocycles. The van der Waals surface area contributed by atoms with Crippen molar-refractivity contribution >= 4 is 29.2 Å². The van der Waals surface area contributed by atoms with Crippen LogP contribution < -0.4 is 5.73 Å². The molecule has 3 atom stereocenters. The van der Waals surface area contributed by atoms with E-state index in [4.69, 9.17) is 33.7 Å². The standard InChI is InChI=1S/C21H28Cl2N2O2/c1-2-27-21(26)15-4-3-9-25(13-15)12-14-5-7-18(20(24)10-14)17-8-6-16(22)11-19(17)23/h5-6,8,11,15,18,20H,2-4,7,9-10,12-13,24H2,1H3/t15-,18-,20+/m1/s1. The van der Waals surface area contributed by atoms with E-state index in [-0.39, 0.29) is 23.8 Å². The van der Waals surface area contributed by atoms with Gasteiger partial charge in [-0.3, -0.25) is 9.69 Å². The Labute approximate surface area is 171 Å².